The van der Waals surface area contributed by atoms with Gasteiger partial charge in [-0.1, -0.05) is 0 Å². The van der Waals surface area contributed by atoms with Crippen LogP contribution in [-0.2, 0) is 29.2 Å². The minimum Gasteiger partial charge on any atom is -0.466 e. The second kappa shape index (κ2) is 8.31. The molecule has 2 saturated heterocycles. The Balaban J connectivity index is 1.83. The lowest BCUT2D eigenvalue weighted by molar-refractivity contribution is -0.149. The van der Waals surface area contributed by atoms with E-state index in [2.05, 4.69) is 0 Å². The van der Waals surface area contributed by atoms with E-state index in [9.17, 15) is 26.0 Å². The molecule has 29 heavy (non-hydrogen) atoms. The Bertz CT molecular complexity index is 984. The number of benzene rings is 1. The smallest absolute Gasteiger partial charge is 0.309 e. The first-order valence-corrected chi connectivity index (χ1v) is 13.0. The summed E-state index contributed by atoms with van der Waals surface area (Å²) in [6.45, 7) is 4.37. The SMILES string of the molecule is CCOC(=O)C1CCN(C2CS(=O)(=O)CC2S(=O)(=O)c2ccc(F)c(C)c2)CC1. The van der Waals surface area contributed by atoms with Crippen LogP contribution < -0.4 is 0 Å². The van der Waals surface area contributed by atoms with Gasteiger partial charge in [-0.15, -0.1) is 0 Å². The van der Waals surface area contributed by atoms with E-state index in [1.54, 1.807) is 6.92 Å². The summed E-state index contributed by atoms with van der Waals surface area (Å²) >= 11 is 0. The first-order chi connectivity index (χ1) is 13.5. The highest BCUT2D eigenvalue weighted by Crippen LogP contribution is 2.32. The molecule has 2 heterocycles. The standard InChI is InChI=1S/C19H26FNO6S2/c1-3-27-19(22)14-6-8-21(9-7-14)17-11-28(23,24)12-18(17)29(25,26)15-4-5-16(20)13(2)10-15/h4-5,10,14,17-18H,3,6-9,11-12H2,1-2H3. The minimum atomic E-state index is -3.97. The van der Waals surface area contributed by atoms with Gasteiger partial charge in [-0.3, -0.25) is 9.69 Å². The summed E-state index contributed by atoms with van der Waals surface area (Å²) in [6.07, 6.45) is 0.996. The van der Waals surface area contributed by atoms with Crippen LogP contribution in [0.1, 0.15) is 25.3 Å². The van der Waals surface area contributed by atoms with E-state index in [0.717, 1.165) is 6.07 Å². The Kier molecular flexibility index (Phi) is 6.35. The first-order valence-electron chi connectivity index (χ1n) is 9.66. The molecule has 0 bridgehead atoms. The molecule has 0 amide bonds. The molecule has 0 saturated carbocycles. The molecular formula is C19H26FNO6S2. The molecule has 0 radical (unpaired) electrons. The number of halogens is 1. The van der Waals surface area contributed by atoms with E-state index in [0.29, 0.717) is 32.5 Å². The normalized spacial score (nSPS) is 25.8. The number of nitrogens with zero attached hydrogens (tertiary/aromatic N) is 1. The molecule has 2 fully saturated rings. The van der Waals surface area contributed by atoms with E-state index in [4.69, 9.17) is 4.74 Å². The highest BCUT2D eigenvalue weighted by Gasteiger charge is 2.49. The third-order valence-electron chi connectivity index (χ3n) is 5.75. The van der Waals surface area contributed by atoms with Crippen molar-refractivity contribution in [2.45, 2.75) is 42.9 Å². The predicted molar refractivity (Wildman–Crippen MR) is 105 cm³/mol. The third-order valence-corrected chi connectivity index (χ3v) is 9.86. The van der Waals surface area contributed by atoms with Crippen molar-refractivity contribution < 1.29 is 30.8 Å². The van der Waals surface area contributed by atoms with Crippen molar-refractivity contribution in [3.05, 3.63) is 29.6 Å². The van der Waals surface area contributed by atoms with Crippen molar-refractivity contribution in [3.8, 4) is 0 Å². The maximum Gasteiger partial charge on any atom is 0.309 e. The zero-order chi connectivity index (χ0) is 21.4. The number of piperidine rings is 1. The van der Waals surface area contributed by atoms with Crippen molar-refractivity contribution in [1.29, 1.82) is 0 Å². The molecule has 3 rings (SSSR count). The molecule has 2 atom stereocenters. The number of hydrogen-bond donors (Lipinski definition) is 0. The fourth-order valence-electron chi connectivity index (χ4n) is 4.13. The number of hydrogen-bond acceptors (Lipinski definition) is 7. The Morgan fingerprint density at radius 3 is 2.48 bits per heavy atom. The Hall–Kier alpha value is -1.52. The van der Waals surface area contributed by atoms with Crippen LogP contribution in [0.2, 0.25) is 0 Å². The van der Waals surface area contributed by atoms with Gasteiger partial charge < -0.3 is 4.74 Å². The third kappa shape index (κ3) is 4.64. The fourth-order valence-corrected chi connectivity index (χ4v) is 9.04. The number of rotatable bonds is 5. The predicted octanol–water partition coefficient (Wildman–Crippen LogP) is 1.35. The van der Waals surface area contributed by atoms with Crippen molar-refractivity contribution >= 4 is 25.6 Å². The van der Waals surface area contributed by atoms with Gasteiger partial charge in [-0.25, -0.2) is 21.2 Å². The highest BCUT2D eigenvalue weighted by atomic mass is 32.2. The monoisotopic (exact) mass is 447 g/mol. The van der Waals surface area contributed by atoms with E-state index >= 15 is 0 Å². The number of ether oxygens (including phenoxy) is 1. The molecule has 7 nitrogen and oxygen atoms in total. The van der Waals surface area contributed by atoms with Gasteiger partial charge >= 0.3 is 5.97 Å². The van der Waals surface area contributed by atoms with Gasteiger partial charge in [-0.2, -0.15) is 0 Å². The number of likely N-dealkylation sites (tertiary alicyclic amines) is 1. The molecule has 2 aliphatic heterocycles. The lowest BCUT2D eigenvalue weighted by Gasteiger charge is -2.36. The van der Waals surface area contributed by atoms with Gasteiger partial charge in [0.2, 0.25) is 0 Å². The molecule has 10 heteroatoms. The molecule has 1 aromatic rings. The van der Waals surface area contributed by atoms with Crippen LogP contribution in [0, 0.1) is 18.7 Å². The van der Waals surface area contributed by atoms with Gasteiger partial charge in [0.15, 0.2) is 19.7 Å². The average molecular weight is 448 g/mol. The minimum absolute atomic E-state index is 0.0649. The second-order valence-electron chi connectivity index (χ2n) is 7.70. The molecule has 0 aromatic heterocycles. The van der Waals surface area contributed by atoms with Gasteiger partial charge in [-0.05, 0) is 63.5 Å². The van der Waals surface area contributed by atoms with Crippen LogP contribution in [0.25, 0.3) is 0 Å². The molecule has 0 N–H and O–H groups in total. The van der Waals surface area contributed by atoms with Crippen LogP contribution in [-0.4, -0.2) is 70.2 Å². The second-order valence-corrected chi connectivity index (χ2v) is 12.0. The van der Waals surface area contributed by atoms with Crippen molar-refractivity contribution in [2.75, 3.05) is 31.2 Å². The van der Waals surface area contributed by atoms with Crippen molar-refractivity contribution in [3.63, 3.8) is 0 Å². The van der Waals surface area contributed by atoms with Crippen LogP contribution in [0.3, 0.4) is 0 Å². The van der Waals surface area contributed by atoms with Crippen LogP contribution in [0.5, 0.6) is 0 Å². The fraction of sp³-hybridized carbons (Fsp3) is 0.632. The number of carbonyl (C=O) groups is 1. The molecule has 0 spiro atoms. The Morgan fingerprint density at radius 2 is 1.90 bits per heavy atom. The van der Waals surface area contributed by atoms with Crippen LogP contribution >= 0.6 is 0 Å². The zero-order valence-corrected chi connectivity index (χ0v) is 18.1. The average Bonchev–Trinajstić information content (AvgIpc) is 3.00. The van der Waals surface area contributed by atoms with E-state index < -0.39 is 42.5 Å². The summed E-state index contributed by atoms with van der Waals surface area (Å²) in [5.74, 6) is -1.72. The zero-order valence-electron chi connectivity index (χ0n) is 16.5. The van der Waals surface area contributed by atoms with Crippen LogP contribution in [0.15, 0.2) is 23.1 Å². The summed E-state index contributed by atoms with van der Waals surface area (Å²) in [5, 5.41) is -1.11. The molecule has 1 aromatic carbocycles. The van der Waals surface area contributed by atoms with E-state index in [1.165, 1.54) is 19.1 Å². The number of sulfone groups is 2. The highest BCUT2D eigenvalue weighted by molar-refractivity contribution is 7.96. The van der Waals surface area contributed by atoms with Gasteiger partial charge in [0, 0.05) is 6.04 Å². The molecule has 2 unspecified atom stereocenters. The Labute approximate surface area is 171 Å². The topological polar surface area (TPSA) is 97.8 Å². The van der Waals surface area contributed by atoms with E-state index in [1.807, 2.05) is 4.90 Å². The summed E-state index contributed by atoms with van der Waals surface area (Å²) in [5.41, 5.74) is 0.193. The van der Waals surface area contributed by atoms with Crippen molar-refractivity contribution in [1.82, 2.24) is 4.90 Å². The largest absolute Gasteiger partial charge is 0.466 e. The summed E-state index contributed by atoms with van der Waals surface area (Å²) < 4.78 is 69.7. The molecular weight excluding hydrogens is 421 g/mol. The van der Waals surface area contributed by atoms with E-state index in [-0.39, 0.29) is 28.1 Å². The van der Waals surface area contributed by atoms with Gasteiger partial charge in [0.05, 0.1) is 34.2 Å². The van der Waals surface area contributed by atoms with Gasteiger partial charge in [0.25, 0.3) is 0 Å². The van der Waals surface area contributed by atoms with Gasteiger partial charge in [0.1, 0.15) is 5.82 Å². The number of aryl methyl sites for hydroxylation is 1. The lowest BCUT2D eigenvalue weighted by atomic mass is 9.95. The summed E-state index contributed by atoms with van der Waals surface area (Å²) in [4.78, 5) is 13.7. The lowest BCUT2D eigenvalue weighted by Crippen LogP contribution is -2.50. The summed E-state index contributed by atoms with van der Waals surface area (Å²) in [6, 6.07) is 2.84. The molecule has 162 valence electrons. The Morgan fingerprint density at radius 1 is 1.24 bits per heavy atom. The van der Waals surface area contributed by atoms with Crippen molar-refractivity contribution in [2.24, 2.45) is 5.92 Å². The first kappa shape index (κ1) is 22.2. The number of esters is 1. The maximum absolute atomic E-state index is 13.6. The van der Waals surface area contributed by atoms with Crippen LogP contribution in [0.4, 0.5) is 4.39 Å². The molecule has 2 aliphatic rings. The maximum atomic E-state index is 13.6. The summed E-state index contributed by atoms with van der Waals surface area (Å²) in [7, 11) is -7.49. The molecule has 0 aliphatic carbocycles. The number of carbonyl (C=O) groups excluding carboxylic acids is 1. The quantitative estimate of drug-likeness (QED) is 0.496.